The van der Waals surface area contributed by atoms with Crippen LogP contribution in [-0.4, -0.2) is 57.7 Å². The molecule has 4 aromatic rings. The van der Waals surface area contributed by atoms with Crippen molar-refractivity contribution < 1.29 is 4.74 Å². The van der Waals surface area contributed by atoms with Crippen LogP contribution in [0.15, 0.2) is 55.0 Å². The molecule has 4 heterocycles. The number of aromatic nitrogens is 4. The molecule has 31 heavy (non-hydrogen) atoms. The lowest BCUT2D eigenvalue weighted by Gasteiger charge is -2.26. The fourth-order valence-electron chi connectivity index (χ4n) is 3.78. The first-order valence-corrected chi connectivity index (χ1v) is 10.8. The van der Waals surface area contributed by atoms with Gasteiger partial charge < -0.3 is 15.0 Å². The SMILES string of the molecule is Clc1cc(CCN2CCOCC2)ccc1Nc1nccc(-c2c[nH]c3ncccc23)n1. The van der Waals surface area contributed by atoms with Crippen LogP contribution < -0.4 is 5.32 Å². The fourth-order valence-corrected chi connectivity index (χ4v) is 4.04. The second kappa shape index (κ2) is 9.01. The van der Waals surface area contributed by atoms with Crippen LogP contribution in [0, 0.1) is 0 Å². The molecule has 0 saturated carbocycles. The van der Waals surface area contributed by atoms with Gasteiger partial charge in [0.05, 0.1) is 29.6 Å². The maximum atomic E-state index is 6.55. The molecule has 5 rings (SSSR count). The van der Waals surface area contributed by atoms with Gasteiger partial charge in [0.1, 0.15) is 5.65 Å². The summed E-state index contributed by atoms with van der Waals surface area (Å²) in [5.74, 6) is 0.499. The molecule has 0 unspecified atom stereocenters. The van der Waals surface area contributed by atoms with Gasteiger partial charge in [-0.05, 0) is 42.3 Å². The Kier molecular flexibility index (Phi) is 5.80. The topological polar surface area (TPSA) is 79.0 Å². The van der Waals surface area contributed by atoms with Crippen molar-refractivity contribution in [3.05, 3.63) is 65.6 Å². The molecule has 0 amide bonds. The number of benzene rings is 1. The summed E-state index contributed by atoms with van der Waals surface area (Å²) in [6.07, 6.45) is 6.38. The summed E-state index contributed by atoms with van der Waals surface area (Å²) in [6, 6.07) is 11.9. The molecule has 1 aromatic carbocycles. The molecule has 0 aliphatic carbocycles. The van der Waals surface area contributed by atoms with E-state index >= 15 is 0 Å². The second-order valence-corrected chi connectivity index (χ2v) is 7.92. The number of hydrogen-bond donors (Lipinski definition) is 2. The van der Waals surface area contributed by atoms with Gasteiger partial charge in [0.2, 0.25) is 5.95 Å². The summed E-state index contributed by atoms with van der Waals surface area (Å²) in [7, 11) is 0. The zero-order chi connectivity index (χ0) is 21.0. The van der Waals surface area contributed by atoms with E-state index in [0.717, 1.165) is 67.2 Å². The summed E-state index contributed by atoms with van der Waals surface area (Å²) in [5.41, 5.74) is 4.63. The molecule has 1 fully saturated rings. The summed E-state index contributed by atoms with van der Waals surface area (Å²) < 4.78 is 5.41. The van der Waals surface area contributed by atoms with Crippen LogP contribution in [0.2, 0.25) is 5.02 Å². The van der Waals surface area contributed by atoms with Crippen LogP contribution in [0.1, 0.15) is 5.56 Å². The number of pyridine rings is 1. The third-order valence-electron chi connectivity index (χ3n) is 5.48. The molecule has 1 aliphatic rings. The number of ether oxygens (including phenoxy) is 1. The molecule has 1 saturated heterocycles. The summed E-state index contributed by atoms with van der Waals surface area (Å²) in [4.78, 5) is 19.0. The third kappa shape index (κ3) is 4.54. The van der Waals surface area contributed by atoms with Crippen LogP contribution in [-0.2, 0) is 11.2 Å². The Morgan fingerprint density at radius 3 is 2.87 bits per heavy atom. The average Bonchev–Trinajstić information content (AvgIpc) is 3.24. The van der Waals surface area contributed by atoms with Gasteiger partial charge in [-0.15, -0.1) is 0 Å². The first-order chi connectivity index (χ1) is 15.3. The van der Waals surface area contributed by atoms with Crippen molar-refractivity contribution in [3.63, 3.8) is 0 Å². The van der Waals surface area contributed by atoms with Gasteiger partial charge in [0.25, 0.3) is 0 Å². The first kappa shape index (κ1) is 19.9. The normalized spacial score (nSPS) is 14.7. The number of morpholine rings is 1. The Balaban J connectivity index is 1.30. The predicted molar refractivity (Wildman–Crippen MR) is 123 cm³/mol. The van der Waals surface area contributed by atoms with E-state index in [-0.39, 0.29) is 0 Å². The predicted octanol–water partition coefficient (Wildman–Crippen LogP) is 4.29. The lowest BCUT2D eigenvalue weighted by Crippen LogP contribution is -2.37. The number of hydrogen-bond acceptors (Lipinski definition) is 6. The van der Waals surface area contributed by atoms with Crippen molar-refractivity contribution in [3.8, 4) is 11.3 Å². The minimum Gasteiger partial charge on any atom is -0.379 e. The van der Waals surface area contributed by atoms with E-state index in [1.165, 1.54) is 5.56 Å². The Morgan fingerprint density at radius 1 is 1.10 bits per heavy atom. The van der Waals surface area contributed by atoms with Gasteiger partial charge in [-0.1, -0.05) is 17.7 Å². The standard InChI is InChI=1S/C23H23ClN6O/c24-19-14-16(6-9-30-10-12-31-13-11-30)3-4-21(19)29-23-26-8-5-20(28-23)18-15-27-22-17(18)2-1-7-25-22/h1-5,7-8,14-15H,6,9-13H2,(H,25,27)(H,26,28,29). The van der Waals surface area contributed by atoms with E-state index in [4.69, 9.17) is 16.3 Å². The summed E-state index contributed by atoms with van der Waals surface area (Å²) in [5, 5.41) is 4.93. The van der Waals surface area contributed by atoms with E-state index in [0.29, 0.717) is 11.0 Å². The van der Waals surface area contributed by atoms with Gasteiger partial charge >= 0.3 is 0 Å². The number of fused-ring (bicyclic) bond motifs is 1. The number of anilines is 2. The van der Waals surface area contributed by atoms with Gasteiger partial charge in [0, 0.05) is 49.2 Å². The van der Waals surface area contributed by atoms with Gasteiger partial charge in [-0.2, -0.15) is 0 Å². The monoisotopic (exact) mass is 434 g/mol. The maximum absolute atomic E-state index is 6.55. The maximum Gasteiger partial charge on any atom is 0.227 e. The van der Waals surface area contributed by atoms with Crippen molar-refractivity contribution in [1.29, 1.82) is 0 Å². The molecule has 0 radical (unpaired) electrons. The molecule has 3 aromatic heterocycles. The smallest absolute Gasteiger partial charge is 0.227 e. The van der Waals surface area contributed by atoms with Crippen molar-refractivity contribution in [2.24, 2.45) is 0 Å². The number of halogens is 1. The average molecular weight is 435 g/mol. The van der Waals surface area contributed by atoms with E-state index in [9.17, 15) is 0 Å². The summed E-state index contributed by atoms with van der Waals surface area (Å²) >= 11 is 6.55. The number of aromatic amines is 1. The number of H-pyrrole nitrogens is 1. The highest BCUT2D eigenvalue weighted by Gasteiger charge is 2.12. The first-order valence-electron chi connectivity index (χ1n) is 10.4. The number of nitrogens with zero attached hydrogens (tertiary/aromatic N) is 4. The molecule has 0 atom stereocenters. The van der Waals surface area contributed by atoms with E-state index < -0.39 is 0 Å². The van der Waals surface area contributed by atoms with Crippen LogP contribution in [0.5, 0.6) is 0 Å². The molecule has 7 nitrogen and oxygen atoms in total. The van der Waals surface area contributed by atoms with Crippen molar-refractivity contribution in [2.45, 2.75) is 6.42 Å². The molecule has 0 spiro atoms. The molecule has 0 bridgehead atoms. The number of nitrogens with one attached hydrogen (secondary N) is 2. The zero-order valence-corrected chi connectivity index (χ0v) is 17.8. The molecule has 8 heteroatoms. The Hall–Kier alpha value is -3.00. The van der Waals surface area contributed by atoms with Crippen LogP contribution in [0.4, 0.5) is 11.6 Å². The van der Waals surface area contributed by atoms with Crippen molar-refractivity contribution in [1.82, 2.24) is 24.8 Å². The quantitative estimate of drug-likeness (QED) is 0.471. The fraction of sp³-hybridized carbons (Fsp3) is 0.261. The van der Waals surface area contributed by atoms with Gasteiger partial charge in [0.15, 0.2) is 0 Å². The highest BCUT2D eigenvalue weighted by molar-refractivity contribution is 6.33. The molecule has 158 valence electrons. The molecular weight excluding hydrogens is 412 g/mol. The van der Waals surface area contributed by atoms with Crippen molar-refractivity contribution >= 4 is 34.3 Å². The highest BCUT2D eigenvalue weighted by Crippen LogP contribution is 2.29. The largest absolute Gasteiger partial charge is 0.379 e. The Labute approximate surface area is 185 Å². The number of rotatable bonds is 6. The van der Waals surface area contributed by atoms with Gasteiger partial charge in [-0.3, -0.25) is 4.90 Å². The van der Waals surface area contributed by atoms with Crippen LogP contribution in [0.3, 0.4) is 0 Å². The van der Waals surface area contributed by atoms with E-state index in [1.54, 1.807) is 12.4 Å². The minimum atomic E-state index is 0.499. The molecule has 1 aliphatic heterocycles. The molecular formula is C23H23ClN6O. The Morgan fingerprint density at radius 2 is 2.00 bits per heavy atom. The van der Waals surface area contributed by atoms with E-state index in [2.05, 4.69) is 36.2 Å². The minimum absolute atomic E-state index is 0.499. The van der Waals surface area contributed by atoms with Crippen LogP contribution in [0.25, 0.3) is 22.3 Å². The highest BCUT2D eigenvalue weighted by atomic mass is 35.5. The summed E-state index contributed by atoms with van der Waals surface area (Å²) in [6.45, 7) is 4.63. The molecule has 2 N–H and O–H groups in total. The van der Waals surface area contributed by atoms with Gasteiger partial charge in [-0.25, -0.2) is 15.0 Å². The lowest BCUT2D eigenvalue weighted by atomic mass is 10.1. The van der Waals surface area contributed by atoms with Crippen molar-refractivity contribution in [2.75, 3.05) is 38.2 Å². The van der Waals surface area contributed by atoms with Crippen LogP contribution >= 0.6 is 11.6 Å². The second-order valence-electron chi connectivity index (χ2n) is 7.51. The van der Waals surface area contributed by atoms with E-state index in [1.807, 2.05) is 36.5 Å². The Bertz CT molecular complexity index is 1190. The lowest BCUT2D eigenvalue weighted by molar-refractivity contribution is 0.0384. The zero-order valence-electron chi connectivity index (χ0n) is 17.0. The third-order valence-corrected chi connectivity index (χ3v) is 5.80.